The van der Waals surface area contributed by atoms with Crippen molar-refractivity contribution in [1.29, 1.82) is 0 Å². The summed E-state index contributed by atoms with van der Waals surface area (Å²) in [5.74, 6) is -2.32. The predicted molar refractivity (Wildman–Crippen MR) is 104 cm³/mol. The molecule has 1 unspecified atom stereocenters. The molecule has 0 bridgehead atoms. The van der Waals surface area contributed by atoms with Crippen molar-refractivity contribution in [3.63, 3.8) is 0 Å². The Morgan fingerprint density at radius 2 is 1.65 bits per heavy atom. The summed E-state index contributed by atoms with van der Waals surface area (Å²) in [6.45, 7) is 6.65. The van der Waals surface area contributed by atoms with Crippen molar-refractivity contribution < 1.29 is 11.4 Å². The van der Waals surface area contributed by atoms with Crippen LogP contribution in [0.4, 0.5) is 0 Å². The first kappa shape index (κ1) is 13.8. The lowest BCUT2D eigenvalue weighted by Crippen LogP contribution is -2.32. The Kier molecular flexibility index (Phi) is 4.96. The lowest BCUT2D eigenvalue weighted by molar-refractivity contribution is -0.660. The topological polar surface area (TPSA) is 3.88 Å². The molecule has 0 N–H and O–H groups in total. The van der Waals surface area contributed by atoms with Gasteiger partial charge in [-0.05, 0) is 48.4 Å². The second-order valence-corrected chi connectivity index (χ2v) is 6.02. The third kappa shape index (κ3) is 4.43. The lowest BCUT2D eigenvalue weighted by atomic mass is 9.94. The predicted octanol–water partition coefficient (Wildman–Crippen LogP) is 6.31. The van der Waals surface area contributed by atoms with Crippen molar-refractivity contribution in [2.75, 3.05) is 0 Å². The van der Waals surface area contributed by atoms with Gasteiger partial charge in [-0.25, -0.2) is 4.57 Å². The number of nitrogens with zero attached hydrogens (tertiary/aromatic N) is 1. The maximum absolute atomic E-state index is 8.37. The average Bonchev–Trinajstić information content (AvgIpc) is 2.47. The SMILES string of the molecule is C.C.[2H]C(C)(C)c1ccc(-c2cc(C)c(C([2H])(C)C([2H])([2H])[2H])c[n+]2C)c(C)c1. The van der Waals surface area contributed by atoms with Crippen LogP contribution in [0.5, 0.6) is 0 Å². The fourth-order valence-electron chi connectivity index (χ4n) is 2.67. The molecule has 0 amide bonds. The molecular formula is C22H36N+. The third-order valence-electron chi connectivity index (χ3n) is 3.96. The van der Waals surface area contributed by atoms with Gasteiger partial charge in [-0.3, -0.25) is 0 Å². The highest BCUT2D eigenvalue weighted by atomic mass is 14.9. The molecule has 1 heteroatoms. The van der Waals surface area contributed by atoms with E-state index in [-0.39, 0.29) is 14.9 Å². The molecule has 0 fully saturated rings. The minimum absolute atomic E-state index is 0. The van der Waals surface area contributed by atoms with Gasteiger partial charge in [-0.1, -0.05) is 54.6 Å². The average molecular weight is 320 g/mol. The molecule has 0 spiro atoms. The smallest absolute Gasteiger partial charge is 0.201 e. The Labute approximate surface area is 151 Å². The van der Waals surface area contributed by atoms with E-state index in [1.165, 1.54) is 6.92 Å². The Morgan fingerprint density at radius 1 is 1.00 bits per heavy atom. The van der Waals surface area contributed by atoms with Crippen LogP contribution < -0.4 is 4.57 Å². The number of hydrogen-bond acceptors (Lipinski definition) is 0. The molecule has 0 aliphatic heterocycles. The van der Waals surface area contributed by atoms with E-state index in [2.05, 4.69) is 0 Å². The van der Waals surface area contributed by atoms with E-state index in [9.17, 15) is 0 Å². The molecule has 0 aliphatic carbocycles. The maximum Gasteiger partial charge on any atom is 0.212 e. The van der Waals surface area contributed by atoms with Crippen LogP contribution in [-0.4, -0.2) is 0 Å². The van der Waals surface area contributed by atoms with Crippen molar-refractivity contribution in [3.8, 4) is 11.3 Å². The number of aromatic nitrogens is 1. The minimum Gasteiger partial charge on any atom is -0.201 e. The largest absolute Gasteiger partial charge is 0.212 e. The molecule has 23 heavy (non-hydrogen) atoms. The van der Waals surface area contributed by atoms with E-state index in [1.807, 2.05) is 63.6 Å². The Morgan fingerprint density at radius 3 is 2.17 bits per heavy atom. The first-order valence-corrected chi connectivity index (χ1v) is 7.28. The second kappa shape index (κ2) is 8.29. The monoisotopic (exact) mass is 319 g/mol. The first-order valence-electron chi connectivity index (χ1n) is 9.78. The molecule has 2 aromatic rings. The Balaban J connectivity index is 0.00000364. The van der Waals surface area contributed by atoms with Crippen molar-refractivity contribution in [3.05, 3.63) is 52.7 Å². The number of rotatable bonds is 3. The summed E-state index contributed by atoms with van der Waals surface area (Å²) in [5, 5.41) is 0. The normalized spacial score (nSPS) is 17.2. The van der Waals surface area contributed by atoms with Gasteiger partial charge in [-0.15, -0.1) is 0 Å². The van der Waals surface area contributed by atoms with Crippen molar-refractivity contribution in [2.24, 2.45) is 7.05 Å². The summed E-state index contributed by atoms with van der Waals surface area (Å²) in [6, 6.07) is 7.96. The highest BCUT2D eigenvalue weighted by Crippen LogP contribution is 2.27. The standard InChI is InChI=1S/C20H28N.2CH4/c1-13(2)17-8-9-18(15(5)10-17)20-11-16(6)19(14(3)4)12-21(20)7;;/h8-14H,1-7H3;2*1H4/q+1;;/i3D3,13D,14D;;. The molecule has 128 valence electrons. The molecule has 1 nitrogen and oxygen atoms in total. The van der Waals surface area contributed by atoms with Gasteiger partial charge < -0.3 is 0 Å². The molecule has 0 aliphatic rings. The summed E-state index contributed by atoms with van der Waals surface area (Å²) in [7, 11) is 1.87. The zero-order valence-electron chi connectivity index (χ0n) is 18.8. The van der Waals surface area contributed by atoms with Crippen LogP contribution >= 0.6 is 0 Å². The fourth-order valence-corrected chi connectivity index (χ4v) is 2.67. The maximum atomic E-state index is 8.37. The Hall–Kier alpha value is -1.63. The second-order valence-electron chi connectivity index (χ2n) is 6.02. The van der Waals surface area contributed by atoms with E-state index < -0.39 is 18.6 Å². The number of aryl methyl sites for hydroxylation is 3. The van der Waals surface area contributed by atoms with Gasteiger partial charge in [0.2, 0.25) is 5.69 Å². The van der Waals surface area contributed by atoms with Gasteiger partial charge in [0, 0.05) is 24.0 Å². The third-order valence-corrected chi connectivity index (χ3v) is 3.96. The van der Waals surface area contributed by atoms with Crippen LogP contribution in [0, 0.1) is 13.8 Å². The highest BCUT2D eigenvalue weighted by molar-refractivity contribution is 5.62. The van der Waals surface area contributed by atoms with Crippen LogP contribution in [0.1, 0.15) is 83.4 Å². The van der Waals surface area contributed by atoms with Crippen LogP contribution in [0.15, 0.2) is 30.5 Å². The van der Waals surface area contributed by atoms with Gasteiger partial charge >= 0.3 is 0 Å². The summed E-state index contributed by atoms with van der Waals surface area (Å²) >= 11 is 0. The van der Waals surface area contributed by atoms with Gasteiger partial charge in [0.15, 0.2) is 6.20 Å². The molecule has 2 rings (SSSR count). The molecule has 1 aromatic heterocycles. The van der Waals surface area contributed by atoms with Gasteiger partial charge in [0.1, 0.15) is 7.05 Å². The van der Waals surface area contributed by atoms with Crippen LogP contribution in [0.2, 0.25) is 0 Å². The van der Waals surface area contributed by atoms with E-state index in [1.54, 1.807) is 6.20 Å². The molecule has 0 radical (unpaired) electrons. The first-order chi connectivity index (χ1) is 11.7. The van der Waals surface area contributed by atoms with E-state index in [0.29, 0.717) is 5.56 Å². The van der Waals surface area contributed by atoms with Gasteiger partial charge in [0.05, 0.1) is 0 Å². The summed E-state index contributed by atoms with van der Waals surface area (Å²) in [6.07, 6.45) is 1.76. The molecule has 0 saturated carbocycles. The summed E-state index contributed by atoms with van der Waals surface area (Å²) in [5.41, 5.74) is 5.31. The zero-order valence-corrected chi connectivity index (χ0v) is 13.8. The summed E-state index contributed by atoms with van der Waals surface area (Å²) < 4.78 is 41.5. The fraction of sp³-hybridized carbons (Fsp3) is 0.500. The molecule has 1 aromatic carbocycles. The highest BCUT2D eigenvalue weighted by Gasteiger charge is 2.17. The van der Waals surface area contributed by atoms with E-state index in [0.717, 1.165) is 27.9 Å². The number of pyridine rings is 1. The molecular weight excluding hydrogens is 278 g/mol. The number of benzene rings is 1. The van der Waals surface area contributed by atoms with Gasteiger partial charge in [0.25, 0.3) is 0 Å². The summed E-state index contributed by atoms with van der Waals surface area (Å²) in [4.78, 5) is 0. The Bertz CT molecular complexity index is 830. The van der Waals surface area contributed by atoms with Crippen LogP contribution in [-0.2, 0) is 7.05 Å². The van der Waals surface area contributed by atoms with Crippen molar-refractivity contribution >= 4 is 0 Å². The van der Waals surface area contributed by atoms with Crippen molar-refractivity contribution in [1.82, 2.24) is 0 Å². The van der Waals surface area contributed by atoms with E-state index in [4.69, 9.17) is 6.85 Å². The zero-order chi connectivity index (χ0) is 20.1. The van der Waals surface area contributed by atoms with Crippen molar-refractivity contribution in [2.45, 2.75) is 68.1 Å². The van der Waals surface area contributed by atoms with Crippen LogP contribution in [0.3, 0.4) is 0 Å². The number of hydrogen-bond donors (Lipinski definition) is 0. The van der Waals surface area contributed by atoms with Crippen LogP contribution in [0.25, 0.3) is 11.3 Å². The molecule has 0 saturated heterocycles. The molecule has 1 heterocycles. The quantitative estimate of drug-likeness (QED) is 0.583. The molecule has 1 atom stereocenters. The minimum atomic E-state index is -2.40. The lowest BCUT2D eigenvalue weighted by Gasteiger charge is -2.13. The van der Waals surface area contributed by atoms with Gasteiger partial charge in [-0.2, -0.15) is 0 Å². The van der Waals surface area contributed by atoms with E-state index >= 15 is 0 Å².